The van der Waals surface area contributed by atoms with Gasteiger partial charge in [-0.3, -0.25) is 4.79 Å². The Balaban J connectivity index is 1.52. The van der Waals surface area contributed by atoms with Crippen LogP contribution in [-0.4, -0.2) is 32.1 Å². The summed E-state index contributed by atoms with van der Waals surface area (Å²) in [5, 5.41) is 5.16. The number of para-hydroxylation sites is 1. The van der Waals surface area contributed by atoms with Crippen LogP contribution in [0.5, 0.6) is 5.75 Å². The smallest absolute Gasteiger partial charge is 0.319 e. The molecule has 2 aromatic rings. The SMILES string of the molecule is COc1ccc(N2C[C@@H](CNC(=O)Nc3ccccc3F)CC2=O)cc1. The van der Waals surface area contributed by atoms with Gasteiger partial charge in [0.15, 0.2) is 0 Å². The van der Waals surface area contributed by atoms with Gasteiger partial charge in [0, 0.05) is 31.1 Å². The Morgan fingerprint density at radius 3 is 2.65 bits per heavy atom. The van der Waals surface area contributed by atoms with E-state index in [1.165, 1.54) is 12.1 Å². The van der Waals surface area contributed by atoms with Gasteiger partial charge >= 0.3 is 6.03 Å². The van der Waals surface area contributed by atoms with Crippen molar-refractivity contribution in [3.63, 3.8) is 0 Å². The molecule has 2 N–H and O–H groups in total. The van der Waals surface area contributed by atoms with Crippen molar-refractivity contribution in [2.24, 2.45) is 5.92 Å². The molecule has 136 valence electrons. The quantitative estimate of drug-likeness (QED) is 0.864. The molecule has 3 amide bonds. The molecule has 0 radical (unpaired) electrons. The van der Waals surface area contributed by atoms with Crippen LogP contribution in [0.1, 0.15) is 6.42 Å². The lowest BCUT2D eigenvalue weighted by molar-refractivity contribution is -0.117. The first kappa shape index (κ1) is 17.7. The molecule has 0 aromatic heterocycles. The number of amides is 3. The van der Waals surface area contributed by atoms with Crippen LogP contribution in [0.15, 0.2) is 48.5 Å². The van der Waals surface area contributed by atoms with Gasteiger partial charge in [0.1, 0.15) is 11.6 Å². The molecule has 1 aliphatic heterocycles. The monoisotopic (exact) mass is 357 g/mol. The first-order valence-corrected chi connectivity index (χ1v) is 8.30. The Kier molecular flexibility index (Phi) is 5.36. The minimum absolute atomic E-state index is 0.00373. The summed E-state index contributed by atoms with van der Waals surface area (Å²) in [7, 11) is 1.59. The number of hydrogen-bond donors (Lipinski definition) is 2. The van der Waals surface area contributed by atoms with Gasteiger partial charge in [0.2, 0.25) is 5.91 Å². The summed E-state index contributed by atoms with van der Waals surface area (Å²) in [6.07, 6.45) is 0.353. The zero-order chi connectivity index (χ0) is 18.5. The second kappa shape index (κ2) is 7.86. The first-order chi connectivity index (χ1) is 12.6. The van der Waals surface area contributed by atoms with Crippen LogP contribution < -0.4 is 20.3 Å². The van der Waals surface area contributed by atoms with Gasteiger partial charge in [-0.15, -0.1) is 0 Å². The molecule has 0 aliphatic carbocycles. The van der Waals surface area contributed by atoms with E-state index in [4.69, 9.17) is 4.74 Å². The topological polar surface area (TPSA) is 70.7 Å². The van der Waals surface area contributed by atoms with Crippen molar-refractivity contribution < 1.29 is 18.7 Å². The summed E-state index contributed by atoms with van der Waals surface area (Å²) in [6, 6.07) is 12.7. The van der Waals surface area contributed by atoms with Gasteiger partial charge in [-0.05, 0) is 36.4 Å². The molecule has 6 nitrogen and oxygen atoms in total. The number of urea groups is 1. The number of nitrogens with one attached hydrogen (secondary N) is 2. The summed E-state index contributed by atoms with van der Waals surface area (Å²) in [5.41, 5.74) is 0.918. The van der Waals surface area contributed by atoms with Crippen LogP contribution in [-0.2, 0) is 4.79 Å². The highest BCUT2D eigenvalue weighted by atomic mass is 19.1. The number of carbonyl (C=O) groups excluding carboxylic acids is 2. The van der Waals surface area contributed by atoms with Gasteiger partial charge in [-0.1, -0.05) is 12.1 Å². The molecule has 1 fully saturated rings. The van der Waals surface area contributed by atoms with Crippen molar-refractivity contribution in [1.82, 2.24) is 5.32 Å². The van der Waals surface area contributed by atoms with E-state index in [1.54, 1.807) is 36.3 Å². The number of ether oxygens (including phenoxy) is 1. The van der Waals surface area contributed by atoms with E-state index < -0.39 is 11.8 Å². The fraction of sp³-hybridized carbons (Fsp3) is 0.263. The van der Waals surface area contributed by atoms with Crippen LogP contribution >= 0.6 is 0 Å². The van der Waals surface area contributed by atoms with E-state index in [0.29, 0.717) is 19.5 Å². The van der Waals surface area contributed by atoms with Crippen molar-refractivity contribution >= 4 is 23.3 Å². The molecule has 0 saturated carbocycles. The highest BCUT2D eigenvalue weighted by Gasteiger charge is 2.30. The van der Waals surface area contributed by atoms with Crippen LogP contribution in [0.25, 0.3) is 0 Å². The molecule has 1 saturated heterocycles. The number of benzene rings is 2. The summed E-state index contributed by atoms with van der Waals surface area (Å²) in [4.78, 5) is 25.9. The standard InChI is InChI=1S/C19H20FN3O3/c1-26-15-8-6-14(7-9-15)23-12-13(10-18(23)24)11-21-19(25)22-17-5-3-2-4-16(17)20/h2-9,13H,10-12H2,1H3,(H2,21,22,25)/t13-/m1/s1. The maximum atomic E-state index is 13.5. The van der Waals surface area contributed by atoms with E-state index >= 15 is 0 Å². The van der Waals surface area contributed by atoms with E-state index in [0.717, 1.165) is 11.4 Å². The Bertz CT molecular complexity index is 795. The highest BCUT2D eigenvalue weighted by Crippen LogP contribution is 2.26. The lowest BCUT2D eigenvalue weighted by atomic mass is 10.1. The number of nitrogens with zero attached hydrogens (tertiary/aromatic N) is 1. The highest BCUT2D eigenvalue weighted by molar-refractivity contribution is 5.96. The minimum atomic E-state index is -0.496. The normalized spacial score (nSPS) is 16.5. The third-order valence-electron chi connectivity index (χ3n) is 4.26. The Morgan fingerprint density at radius 2 is 1.96 bits per heavy atom. The molecule has 0 spiro atoms. The van der Waals surface area contributed by atoms with Crippen molar-refractivity contribution in [3.8, 4) is 5.75 Å². The molecule has 26 heavy (non-hydrogen) atoms. The Morgan fingerprint density at radius 1 is 1.23 bits per heavy atom. The van der Waals surface area contributed by atoms with Crippen LogP contribution in [0.2, 0.25) is 0 Å². The average molecular weight is 357 g/mol. The molecule has 1 aliphatic rings. The fourth-order valence-electron chi connectivity index (χ4n) is 2.90. The summed E-state index contributed by atoms with van der Waals surface area (Å²) in [6.45, 7) is 0.851. The summed E-state index contributed by atoms with van der Waals surface area (Å²) >= 11 is 0. The lowest BCUT2D eigenvalue weighted by Crippen LogP contribution is -2.34. The Labute approximate surface area is 150 Å². The molecule has 1 atom stereocenters. The molecular weight excluding hydrogens is 337 g/mol. The van der Waals surface area contributed by atoms with Gasteiger partial charge in [-0.2, -0.15) is 0 Å². The molecule has 0 unspecified atom stereocenters. The van der Waals surface area contributed by atoms with E-state index in [9.17, 15) is 14.0 Å². The lowest BCUT2D eigenvalue weighted by Gasteiger charge is -2.17. The average Bonchev–Trinajstić information content (AvgIpc) is 3.03. The number of carbonyl (C=O) groups is 2. The van der Waals surface area contributed by atoms with E-state index in [-0.39, 0.29) is 17.5 Å². The van der Waals surface area contributed by atoms with Crippen LogP contribution in [0, 0.1) is 11.7 Å². The zero-order valence-electron chi connectivity index (χ0n) is 14.4. The number of halogens is 1. The van der Waals surface area contributed by atoms with E-state index in [2.05, 4.69) is 10.6 Å². The molecule has 2 aromatic carbocycles. The maximum Gasteiger partial charge on any atom is 0.319 e. The van der Waals surface area contributed by atoms with Gasteiger partial charge in [-0.25, -0.2) is 9.18 Å². The van der Waals surface area contributed by atoms with Gasteiger partial charge in [0.05, 0.1) is 12.8 Å². The predicted molar refractivity (Wildman–Crippen MR) is 96.9 cm³/mol. The van der Waals surface area contributed by atoms with Crippen molar-refractivity contribution in [1.29, 1.82) is 0 Å². The molecule has 1 heterocycles. The second-order valence-corrected chi connectivity index (χ2v) is 6.09. The van der Waals surface area contributed by atoms with E-state index in [1.807, 2.05) is 12.1 Å². The number of hydrogen-bond acceptors (Lipinski definition) is 3. The van der Waals surface area contributed by atoms with Crippen molar-refractivity contribution in [3.05, 3.63) is 54.3 Å². The fourth-order valence-corrected chi connectivity index (χ4v) is 2.90. The molecule has 3 rings (SSSR count). The third kappa shape index (κ3) is 4.11. The number of anilines is 2. The zero-order valence-corrected chi connectivity index (χ0v) is 14.4. The Hall–Kier alpha value is -3.09. The number of methoxy groups -OCH3 is 1. The largest absolute Gasteiger partial charge is 0.497 e. The van der Waals surface area contributed by atoms with Crippen molar-refractivity contribution in [2.75, 3.05) is 30.4 Å². The van der Waals surface area contributed by atoms with Gasteiger partial charge < -0.3 is 20.3 Å². The molecular formula is C19H20FN3O3. The van der Waals surface area contributed by atoms with Crippen LogP contribution in [0.3, 0.4) is 0 Å². The van der Waals surface area contributed by atoms with Crippen molar-refractivity contribution in [2.45, 2.75) is 6.42 Å². The van der Waals surface area contributed by atoms with Crippen LogP contribution in [0.4, 0.5) is 20.6 Å². The second-order valence-electron chi connectivity index (χ2n) is 6.09. The maximum absolute atomic E-state index is 13.5. The first-order valence-electron chi connectivity index (χ1n) is 8.30. The number of rotatable bonds is 5. The minimum Gasteiger partial charge on any atom is -0.497 e. The van der Waals surface area contributed by atoms with Gasteiger partial charge in [0.25, 0.3) is 0 Å². The molecule has 0 bridgehead atoms. The third-order valence-corrected chi connectivity index (χ3v) is 4.26. The summed E-state index contributed by atoms with van der Waals surface area (Å²) in [5.74, 6) is 0.236. The molecule has 7 heteroatoms. The summed E-state index contributed by atoms with van der Waals surface area (Å²) < 4.78 is 18.7. The predicted octanol–water partition coefficient (Wildman–Crippen LogP) is 3.01.